The molecule has 3 heteroatoms. The molecular weight excluding hydrogens is 204 g/mol. The van der Waals surface area contributed by atoms with Gasteiger partial charge in [0.05, 0.1) is 5.52 Å². The first kappa shape index (κ1) is 10.4. The van der Waals surface area contributed by atoms with Gasteiger partial charge in [-0.25, -0.2) is 9.97 Å². The Bertz CT molecular complexity index is 468. The molecule has 2 aromatic rings. The fraction of sp³-hybridized carbons (Fsp3) is 0.333. The predicted octanol–water partition coefficient (Wildman–Crippen LogP) is 3.30. The molecule has 0 aliphatic rings. The minimum absolute atomic E-state index is 0.891. The molecule has 0 bridgehead atoms. The summed E-state index contributed by atoms with van der Waals surface area (Å²) in [6, 6.07) is 8.20. The van der Waals surface area contributed by atoms with E-state index in [1.165, 1.54) is 5.39 Å². The van der Waals surface area contributed by atoms with Gasteiger partial charge in [-0.3, -0.25) is 0 Å². The molecule has 0 spiro atoms. The molecule has 0 radical (unpaired) electrons. The van der Waals surface area contributed by atoms with Gasteiger partial charge in [0.15, 0.2) is 0 Å². The minimum atomic E-state index is 0.891. The molecule has 0 atom stereocenters. The van der Waals surface area contributed by atoms with Gasteiger partial charge in [-0.05, 0) is 11.8 Å². The molecule has 2 nitrogen and oxygen atoms in total. The quantitative estimate of drug-likeness (QED) is 0.584. The third-order valence-corrected chi connectivity index (χ3v) is 3.09. The van der Waals surface area contributed by atoms with Gasteiger partial charge in [-0.2, -0.15) is 0 Å². The van der Waals surface area contributed by atoms with Crippen molar-refractivity contribution >= 4 is 22.7 Å². The van der Waals surface area contributed by atoms with E-state index in [4.69, 9.17) is 0 Å². The van der Waals surface area contributed by atoms with E-state index in [1.807, 2.05) is 12.1 Å². The number of hydrogen-bond acceptors (Lipinski definition) is 3. The lowest BCUT2D eigenvalue weighted by Gasteiger charge is -2.05. The Morgan fingerprint density at radius 1 is 1.13 bits per heavy atom. The molecule has 1 aromatic carbocycles. The number of fused-ring (bicyclic) bond motifs is 1. The number of para-hydroxylation sites is 1. The van der Waals surface area contributed by atoms with Crippen molar-refractivity contribution in [1.29, 1.82) is 0 Å². The van der Waals surface area contributed by atoms with Crippen LogP contribution in [-0.4, -0.2) is 15.7 Å². The zero-order valence-electron chi connectivity index (χ0n) is 9.03. The van der Waals surface area contributed by atoms with Crippen LogP contribution in [-0.2, 0) is 6.42 Å². The van der Waals surface area contributed by atoms with Crippen LogP contribution in [0.25, 0.3) is 10.9 Å². The van der Waals surface area contributed by atoms with E-state index in [1.54, 1.807) is 11.8 Å². The number of aromatic nitrogens is 2. The summed E-state index contributed by atoms with van der Waals surface area (Å²) in [5.74, 6) is 1.98. The summed E-state index contributed by atoms with van der Waals surface area (Å²) >= 11 is 1.78. The van der Waals surface area contributed by atoms with Crippen molar-refractivity contribution in [2.45, 2.75) is 25.3 Å². The largest absolute Gasteiger partial charge is 0.233 e. The average Bonchev–Trinajstić information content (AvgIpc) is 2.29. The first-order chi connectivity index (χ1) is 7.35. The number of nitrogens with zero attached hydrogens (tertiary/aromatic N) is 2. The summed E-state index contributed by atoms with van der Waals surface area (Å²) in [5.41, 5.74) is 1.06. The summed E-state index contributed by atoms with van der Waals surface area (Å²) in [5, 5.41) is 2.28. The first-order valence-corrected chi connectivity index (χ1v) is 6.22. The van der Waals surface area contributed by atoms with Gasteiger partial charge in [0.25, 0.3) is 0 Å². The lowest BCUT2D eigenvalue weighted by Crippen LogP contribution is -1.96. The van der Waals surface area contributed by atoms with E-state index < -0.39 is 0 Å². The van der Waals surface area contributed by atoms with Gasteiger partial charge in [-0.1, -0.05) is 32.0 Å². The van der Waals surface area contributed by atoms with Crippen molar-refractivity contribution < 1.29 is 0 Å². The van der Waals surface area contributed by atoms with Crippen molar-refractivity contribution in [3.05, 3.63) is 30.1 Å². The molecule has 0 unspecified atom stereocenters. The predicted molar refractivity (Wildman–Crippen MR) is 65.3 cm³/mol. The highest BCUT2D eigenvalue weighted by Gasteiger charge is 2.05. The van der Waals surface area contributed by atoms with Gasteiger partial charge < -0.3 is 0 Å². The van der Waals surface area contributed by atoms with Gasteiger partial charge in [-0.15, -0.1) is 11.8 Å². The van der Waals surface area contributed by atoms with Crippen molar-refractivity contribution in [3.8, 4) is 0 Å². The third kappa shape index (κ3) is 2.12. The smallest absolute Gasteiger partial charge is 0.130 e. The highest BCUT2D eigenvalue weighted by atomic mass is 32.2. The summed E-state index contributed by atoms with van der Waals surface area (Å²) in [6.07, 6.45) is 0.891. The van der Waals surface area contributed by atoms with E-state index in [-0.39, 0.29) is 0 Å². The van der Waals surface area contributed by atoms with E-state index in [0.29, 0.717) is 0 Å². The highest BCUT2D eigenvalue weighted by molar-refractivity contribution is 7.99. The number of rotatable bonds is 3. The van der Waals surface area contributed by atoms with E-state index in [9.17, 15) is 0 Å². The number of benzene rings is 1. The normalized spacial score (nSPS) is 10.8. The Morgan fingerprint density at radius 3 is 2.67 bits per heavy atom. The minimum Gasteiger partial charge on any atom is -0.233 e. The molecule has 0 aliphatic heterocycles. The highest BCUT2D eigenvalue weighted by Crippen LogP contribution is 2.24. The molecule has 0 amide bonds. The Hall–Kier alpha value is -1.09. The topological polar surface area (TPSA) is 25.8 Å². The van der Waals surface area contributed by atoms with Crippen molar-refractivity contribution in [3.63, 3.8) is 0 Å². The van der Waals surface area contributed by atoms with Crippen molar-refractivity contribution in [1.82, 2.24) is 9.97 Å². The maximum Gasteiger partial charge on any atom is 0.130 e. The Balaban J connectivity index is 2.63. The van der Waals surface area contributed by atoms with Crippen LogP contribution in [0.3, 0.4) is 0 Å². The standard InChI is InChI=1S/C12H14N2S/c1-3-11-13-10-8-6-5-7-9(10)12(14-11)15-4-2/h5-8H,3-4H2,1-2H3. The van der Waals surface area contributed by atoms with Gasteiger partial charge in [0, 0.05) is 11.8 Å². The van der Waals surface area contributed by atoms with Crippen LogP contribution < -0.4 is 0 Å². The van der Waals surface area contributed by atoms with E-state index >= 15 is 0 Å². The molecule has 0 aliphatic carbocycles. The molecule has 78 valence electrons. The number of hydrogen-bond donors (Lipinski definition) is 0. The Labute approximate surface area is 94.1 Å². The molecule has 0 N–H and O–H groups in total. The maximum atomic E-state index is 4.56. The zero-order chi connectivity index (χ0) is 10.7. The van der Waals surface area contributed by atoms with E-state index in [2.05, 4.69) is 35.9 Å². The SMILES string of the molecule is CCSc1nc(CC)nc2ccccc12. The molecule has 0 saturated carbocycles. The molecule has 15 heavy (non-hydrogen) atoms. The number of aryl methyl sites for hydroxylation is 1. The lowest BCUT2D eigenvalue weighted by atomic mass is 10.2. The molecule has 1 aromatic heterocycles. The molecule has 2 rings (SSSR count). The van der Waals surface area contributed by atoms with Crippen LogP contribution in [0, 0.1) is 0 Å². The van der Waals surface area contributed by atoms with Crippen molar-refractivity contribution in [2.24, 2.45) is 0 Å². The summed E-state index contributed by atoms with van der Waals surface area (Å²) in [7, 11) is 0. The Kier molecular flexibility index (Phi) is 3.21. The maximum absolute atomic E-state index is 4.56. The summed E-state index contributed by atoms with van der Waals surface area (Å²) < 4.78 is 0. The van der Waals surface area contributed by atoms with Crippen LogP contribution >= 0.6 is 11.8 Å². The second-order valence-corrected chi connectivity index (χ2v) is 4.50. The summed E-state index contributed by atoms with van der Waals surface area (Å²) in [4.78, 5) is 9.07. The monoisotopic (exact) mass is 218 g/mol. The van der Waals surface area contributed by atoms with Crippen molar-refractivity contribution in [2.75, 3.05) is 5.75 Å². The summed E-state index contributed by atoms with van der Waals surface area (Å²) in [6.45, 7) is 4.23. The second-order valence-electron chi connectivity index (χ2n) is 3.25. The molecule has 1 heterocycles. The third-order valence-electron chi connectivity index (χ3n) is 2.21. The van der Waals surface area contributed by atoms with Gasteiger partial charge in [0.2, 0.25) is 0 Å². The Morgan fingerprint density at radius 2 is 1.93 bits per heavy atom. The van der Waals surface area contributed by atoms with Crippen LogP contribution in [0.2, 0.25) is 0 Å². The fourth-order valence-electron chi connectivity index (χ4n) is 1.50. The van der Waals surface area contributed by atoms with Gasteiger partial charge in [0.1, 0.15) is 10.9 Å². The second kappa shape index (κ2) is 4.62. The van der Waals surface area contributed by atoms with Crippen LogP contribution in [0.15, 0.2) is 29.3 Å². The lowest BCUT2D eigenvalue weighted by molar-refractivity contribution is 0.916. The molecular formula is C12H14N2S. The fourth-order valence-corrected chi connectivity index (χ4v) is 2.27. The van der Waals surface area contributed by atoms with Crippen LogP contribution in [0.5, 0.6) is 0 Å². The molecule has 0 fully saturated rings. The van der Waals surface area contributed by atoms with Crippen LogP contribution in [0.4, 0.5) is 0 Å². The zero-order valence-corrected chi connectivity index (χ0v) is 9.84. The van der Waals surface area contributed by atoms with E-state index in [0.717, 1.165) is 28.5 Å². The number of thioether (sulfide) groups is 1. The molecule has 0 saturated heterocycles. The first-order valence-electron chi connectivity index (χ1n) is 5.23. The van der Waals surface area contributed by atoms with Crippen LogP contribution in [0.1, 0.15) is 19.7 Å². The van der Waals surface area contributed by atoms with Gasteiger partial charge >= 0.3 is 0 Å². The average molecular weight is 218 g/mol.